The molecule has 3 nitrogen and oxygen atoms in total. The van der Waals surface area contributed by atoms with Gasteiger partial charge < -0.3 is 9.64 Å². The Morgan fingerprint density at radius 2 is 2.17 bits per heavy atom. The minimum absolute atomic E-state index is 0.125. The Balaban J connectivity index is 2.24. The van der Waals surface area contributed by atoms with Crippen LogP contribution in [0.1, 0.15) is 28.8 Å². The molecule has 96 valence electrons. The van der Waals surface area contributed by atoms with Crippen LogP contribution in [0.25, 0.3) is 0 Å². The molecule has 18 heavy (non-hydrogen) atoms. The van der Waals surface area contributed by atoms with E-state index < -0.39 is 0 Å². The first-order valence-corrected chi connectivity index (χ1v) is 6.33. The fourth-order valence-electron chi connectivity index (χ4n) is 2.33. The van der Waals surface area contributed by atoms with Crippen molar-refractivity contribution in [3.63, 3.8) is 0 Å². The highest BCUT2D eigenvalue weighted by atomic mass is 16.5. The van der Waals surface area contributed by atoms with Crippen LogP contribution < -0.4 is 4.74 Å². The number of methoxy groups -OCH3 is 1. The van der Waals surface area contributed by atoms with E-state index in [0.717, 1.165) is 42.8 Å². The maximum atomic E-state index is 12.3. The van der Waals surface area contributed by atoms with E-state index in [1.807, 2.05) is 29.2 Å². The largest absolute Gasteiger partial charge is 0.496 e. The molecule has 0 atom stereocenters. The van der Waals surface area contributed by atoms with Gasteiger partial charge in [0.15, 0.2) is 0 Å². The van der Waals surface area contributed by atoms with Crippen molar-refractivity contribution in [2.24, 2.45) is 0 Å². The Bertz CT molecular complexity index is 448. The van der Waals surface area contributed by atoms with Crippen molar-refractivity contribution < 1.29 is 9.53 Å². The minimum atomic E-state index is 0.125. The van der Waals surface area contributed by atoms with Gasteiger partial charge in [-0.05, 0) is 43.0 Å². The highest BCUT2D eigenvalue weighted by Crippen LogP contribution is 2.22. The first kappa shape index (κ1) is 12.7. The third kappa shape index (κ3) is 2.55. The standard InChI is InChI=1S/C15H19NO2/c1-3-6-12-11-13(7-8-14(12)18-2)15(17)16-9-4-5-10-16/h3,7-8,11H,1,4-6,9-10H2,2H3. The predicted octanol–water partition coefficient (Wildman–Crippen LogP) is 2.66. The van der Waals surface area contributed by atoms with Crippen LogP contribution in [0.5, 0.6) is 5.75 Å². The number of allylic oxidation sites excluding steroid dienone is 1. The summed E-state index contributed by atoms with van der Waals surface area (Å²) in [5, 5.41) is 0. The van der Waals surface area contributed by atoms with Crippen LogP contribution in [0, 0.1) is 0 Å². The summed E-state index contributed by atoms with van der Waals surface area (Å²) in [6, 6.07) is 5.62. The second kappa shape index (κ2) is 5.71. The molecule has 3 heteroatoms. The van der Waals surface area contributed by atoms with Crippen LogP contribution in [0.15, 0.2) is 30.9 Å². The SMILES string of the molecule is C=CCc1cc(C(=O)N2CCCC2)ccc1OC. The summed E-state index contributed by atoms with van der Waals surface area (Å²) in [5.74, 6) is 0.938. The summed E-state index contributed by atoms with van der Waals surface area (Å²) in [6.45, 7) is 5.49. The molecule has 2 rings (SSSR count). The quantitative estimate of drug-likeness (QED) is 0.763. The van der Waals surface area contributed by atoms with E-state index in [2.05, 4.69) is 6.58 Å². The van der Waals surface area contributed by atoms with E-state index in [9.17, 15) is 4.79 Å². The van der Waals surface area contributed by atoms with E-state index in [1.165, 1.54) is 0 Å². The molecule has 0 bridgehead atoms. The fourth-order valence-corrected chi connectivity index (χ4v) is 2.33. The number of hydrogen-bond acceptors (Lipinski definition) is 2. The lowest BCUT2D eigenvalue weighted by molar-refractivity contribution is 0.0792. The minimum Gasteiger partial charge on any atom is -0.496 e. The van der Waals surface area contributed by atoms with Crippen molar-refractivity contribution in [3.05, 3.63) is 42.0 Å². The topological polar surface area (TPSA) is 29.5 Å². The molecule has 0 aliphatic carbocycles. The number of amides is 1. The molecule has 1 fully saturated rings. The van der Waals surface area contributed by atoms with Crippen LogP contribution in [0.3, 0.4) is 0 Å². The molecule has 1 aromatic rings. The predicted molar refractivity (Wildman–Crippen MR) is 72.0 cm³/mol. The van der Waals surface area contributed by atoms with Crippen LogP contribution >= 0.6 is 0 Å². The Morgan fingerprint density at radius 3 is 2.78 bits per heavy atom. The van der Waals surface area contributed by atoms with Gasteiger partial charge >= 0.3 is 0 Å². The summed E-state index contributed by atoms with van der Waals surface area (Å²) < 4.78 is 5.29. The molecule has 0 radical (unpaired) electrons. The normalized spacial score (nSPS) is 14.6. The van der Waals surface area contributed by atoms with Crippen LogP contribution in [0.4, 0.5) is 0 Å². The smallest absolute Gasteiger partial charge is 0.253 e. The summed E-state index contributed by atoms with van der Waals surface area (Å²) in [4.78, 5) is 14.2. The second-order valence-electron chi connectivity index (χ2n) is 4.52. The maximum absolute atomic E-state index is 12.3. The third-order valence-electron chi connectivity index (χ3n) is 3.28. The maximum Gasteiger partial charge on any atom is 0.253 e. The zero-order chi connectivity index (χ0) is 13.0. The second-order valence-corrected chi connectivity index (χ2v) is 4.52. The Hall–Kier alpha value is -1.77. The molecule has 1 aliphatic rings. The number of carbonyl (C=O) groups is 1. The van der Waals surface area contributed by atoms with Gasteiger partial charge in [-0.1, -0.05) is 6.08 Å². The summed E-state index contributed by atoms with van der Waals surface area (Å²) in [7, 11) is 1.64. The van der Waals surface area contributed by atoms with Gasteiger partial charge in [-0.15, -0.1) is 6.58 Å². The number of nitrogens with zero attached hydrogens (tertiary/aromatic N) is 1. The highest BCUT2D eigenvalue weighted by molar-refractivity contribution is 5.94. The first-order chi connectivity index (χ1) is 8.76. The molecule has 1 aliphatic heterocycles. The molecule has 1 saturated heterocycles. The number of rotatable bonds is 4. The zero-order valence-electron chi connectivity index (χ0n) is 10.8. The lowest BCUT2D eigenvalue weighted by atomic mass is 10.1. The summed E-state index contributed by atoms with van der Waals surface area (Å²) in [6.07, 6.45) is 4.76. The molecule has 1 amide bonds. The molecular formula is C15H19NO2. The number of hydrogen-bond donors (Lipinski definition) is 0. The van der Waals surface area contributed by atoms with Gasteiger partial charge in [-0.2, -0.15) is 0 Å². The zero-order valence-corrected chi connectivity index (χ0v) is 10.8. The lowest BCUT2D eigenvalue weighted by Crippen LogP contribution is -2.27. The van der Waals surface area contributed by atoms with E-state index in [4.69, 9.17) is 4.74 Å². The van der Waals surface area contributed by atoms with Crippen molar-refractivity contribution >= 4 is 5.91 Å². The monoisotopic (exact) mass is 245 g/mol. The molecule has 1 aromatic carbocycles. The average molecular weight is 245 g/mol. The van der Waals surface area contributed by atoms with Crippen molar-refractivity contribution in [1.82, 2.24) is 4.90 Å². The molecule has 0 N–H and O–H groups in total. The third-order valence-corrected chi connectivity index (χ3v) is 3.28. The number of benzene rings is 1. The number of likely N-dealkylation sites (tertiary alicyclic amines) is 1. The van der Waals surface area contributed by atoms with Crippen molar-refractivity contribution in [3.8, 4) is 5.75 Å². The van der Waals surface area contributed by atoms with Crippen molar-refractivity contribution in [1.29, 1.82) is 0 Å². The van der Waals surface area contributed by atoms with Gasteiger partial charge in [-0.3, -0.25) is 4.79 Å². The van der Waals surface area contributed by atoms with Crippen LogP contribution in [0.2, 0.25) is 0 Å². The van der Waals surface area contributed by atoms with E-state index in [-0.39, 0.29) is 5.91 Å². The van der Waals surface area contributed by atoms with E-state index in [0.29, 0.717) is 6.42 Å². The molecule has 1 heterocycles. The summed E-state index contributed by atoms with van der Waals surface area (Å²) >= 11 is 0. The number of carbonyl (C=O) groups excluding carboxylic acids is 1. The van der Waals surface area contributed by atoms with Gasteiger partial charge in [0.05, 0.1) is 7.11 Å². The van der Waals surface area contributed by atoms with E-state index >= 15 is 0 Å². The first-order valence-electron chi connectivity index (χ1n) is 6.33. The Labute approximate surface area is 108 Å². The Kier molecular flexibility index (Phi) is 4.03. The molecule has 0 aromatic heterocycles. The van der Waals surface area contributed by atoms with Crippen LogP contribution in [-0.4, -0.2) is 31.0 Å². The van der Waals surface area contributed by atoms with Crippen molar-refractivity contribution in [2.45, 2.75) is 19.3 Å². The molecular weight excluding hydrogens is 226 g/mol. The fraction of sp³-hybridized carbons (Fsp3) is 0.400. The van der Waals surface area contributed by atoms with E-state index in [1.54, 1.807) is 7.11 Å². The van der Waals surface area contributed by atoms with Crippen molar-refractivity contribution in [2.75, 3.05) is 20.2 Å². The molecule has 0 unspecified atom stereocenters. The summed E-state index contributed by atoms with van der Waals surface area (Å²) in [5.41, 5.74) is 1.76. The van der Waals surface area contributed by atoms with Gasteiger partial charge in [-0.25, -0.2) is 0 Å². The lowest BCUT2D eigenvalue weighted by Gasteiger charge is -2.16. The average Bonchev–Trinajstić information content (AvgIpc) is 2.92. The van der Waals surface area contributed by atoms with Crippen LogP contribution in [-0.2, 0) is 6.42 Å². The van der Waals surface area contributed by atoms with Gasteiger partial charge in [0.25, 0.3) is 5.91 Å². The highest BCUT2D eigenvalue weighted by Gasteiger charge is 2.20. The van der Waals surface area contributed by atoms with Gasteiger partial charge in [0, 0.05) is 18.7 Å². The van der Waals surface area contributed by atoms with Gasteiger partial charge in [0.2, 0.25) is 0 Å². The molecule has 0 saturated carbocycles. The Morgan fingerprint density at radius 1 is 1.44 bits per heavy atom. The number of ether oxygens (including phenoxy) is 1. The molecule has 0 spiro atoms. The van der Waals surface area contributed by atoms with Gasteiger partial charge in [0.1, 0.15) is 5.75 Å².